The van der Waals surface area contributed by atoms with Gasteiger partial charge in [0.05, 0.1) is 19.2 Å². The standard InChI is InChI=1S/C19H15BrN2O3S/c1-25-16(23)11-15-17(12-5-3-2-4-6-12)21-19(26-15)22-18(24)13-7-9-14(20)10-8-13/h2-10H,11H2,1H3,(H,21,22,24). The second-order valence-electron chi connectivity index (χ2n) is 5.37. The molecule has 5 nitrogen and oxygen atoms in total. The quantitative estimate of drug-likeness (QED) is 0.603. The Bertz CT molecular complexity index is 924. The van der Waals surface area contributed by atoms with Gasteiger partial charge < -0.3 is 4.74 Å². The van der Waals surface area contributed by atoms with E-state index in [0.29, 0.717) is 16.4 Å². The van der Waals surface area contributed by atoms with E-state index in [4.69, 9.17) is 4.74 Å². The molecule has 0 saturated carbocycles. The molecule has 0 spiro atoms. The molecule has 0 radical (unpaired) electrons. The Morgan fingerprint density at radius 3 is 2.46 bits per heavy atom. The van der Waals surface area contributed by atoms with Crippen LogP contribution in [0.15, 0.2) is 59.1 Å². The first-order valence-corrected chi connectivity index (χ1v) is 9.36. The first-order valence-electron chi connectivity index (χ1n) is 7.75. The molecule has 7 heteroatoms. The summed E-state index contributed by atoms with van der Waals surface area (Å²) >= 11 is 4.62. The summed E-state index contributed by atoms with van der Waals surface area (Å²) in [6.07, 6.45) is 0.104. The molecule has 0 saturated heterocycles. The highest BCUT2D eigenvalue weighted by atomic mass is 79.9. The highest BCUT2D eigenvalue weighted by Gasteiger charge is 2.18. The van der Waals surface area contributed by atoms with Crippen LogP contribution in [0, 0.1) is 0 Å². The number of anilines is 1. The Kier molecular flexibility index (Phi) is 5.80. The molecule has 0 bridgehead atoms. The lowest BCUT2D eigenvalue weighted by molar-refractivity contribution is -0.139. The van der Waals surface area contributed by atoms with E-state index < -0.39 is 0 Å². The monoisotopic (exact) mass is 430 g/mol. The molecule has 0 aliphatic rings. The molecule has 0 atom stereocenters. The van der Waals surface area contributed by atoms with E-state index >= 15 is 0 Å². The van der Waals surface area contributed by atoms with Gasteiger partial charge in [-0.25, -0.2) is 4.98 Å². The molecule has 0 aliphatic carbocycles. The summed E-state index contributed by atoms with van der Waals surface area (Å²) < 4.78 is 5.66. The molecule has 3 aromatic rings. The number of benzene rings is 2. The van der Waals surface area contributed by atoms with E-state index in [0.717, 1.165) is 14.9 Å². The molecule has 1 amide bonds. The molecule has 0 fully saturated rings. The van der Waals surface area contributed by atoms with Crippen molar-refractivity contribution in [3.05, 3.63) is 69.5 Å². The summed E-state index contributed by atoms with van der Waals surface area (Å²) in [4.78, 5) is 29.4. The van der Waals surface area contributed by atoms with Gasteiger partial charge in [0.2, 0.25) is 0 Å². The zero-order valence-electron chi connectivity index (χ0n) is 13.9. The first kappa shape index (κ1) is 18.3. The van der Waals surface area contributed by atoms with Crippen LogP contribution in [0.3, 0.4) is 0 Å². The van der Waals surface area contributed by atoms with E-state index in [-0.39, 0.29) is 18.3 Å². The van der Waals surface area contributed by atoms with Crippen LogP contribution in [0.4, 0.5) is 5.13 Å². The highest BCUT2D eigenvalue weighted by Crippen LogP contribution is 2.32. The summed E-state index contributed by atoms with van der Waals surface area (Å²) in [5, 5.41) is 3.24. The Balaban J connectivity index is 1.89. The average Bonchev–Trinajstić information content (AvgIpc) is 3.05. The number of esters is 1. The summed E-state index contributed by atoms with van der Waals surface area (Å²) in [6, 6.07) is 16.6. The van der Waals surface area contributed by atoms with E-state index in [1.807, 2.05) is 30.3 Å². The lowest BCUT2D eigenvalue weighted by Crippen LogP contribution is -2.11. The van der Waals surface area contributed by atoms with Crippen molar-refractivity contribution in [1.82, 2.24) is 4.98 Å². The number of halogens is 1. The van der Waals surface area contributed by atoms with Crippen molar-refractivity contribution in [3.8, 4) is 11.3 Å². The van der Waals surface area contributed by atoms with Crippen molar-refractivity contribution in [3.63, 3.8) is 0 Å². The summed E-state index contributed by atoms with van der Waals surface area (Å²) in [7, 11) is 1.35. The number of nitrogens with zero attached hydrogens (tertiary/aromatic N) is 1. The number of aromatic nitrogens is 1. The molecule has 2 aromatic carbocycles. The van der Waals surface area contributed by atoms with E-state index in [9.17, 15) is 9.59 Å². The maximum atomic E-state index is 12.4. The third-order valence-corrected chi connectivity index (χ3v) is 5.10. The minimum Gasteiger partial charge on any atom is -0.469 e. The third kappa shape index (κ3) is 4.36. The number of rotatable bonds is 5. The van der Waals surface area contributed by atoms with E-state index in [1.54, 1.807) is 24.3 Å². The number of carbonyl (C=O) groups is 2. The zero-order chi connectivity index (χ0) is 18.5. The second-order valence-corrected chi connectivity index (χ2v) is 7.37. The lowest BCUT2D eigenvalue weighted by atomic mass is 10.1. The van der Waals surface area contributed by atoms with Gasteiger partial charge >= 0.3 is 5.97 Å². The fourth-order valence-corrected chi connectivity index (χ4v) is 3.55. The lowest BCUT2D eigenvalue weighted by Gasteiger charge is -2.01. The normalized spacial score (nSPS) is 10.4. The maximum Gasteiger partial charge on any atom is 0.310 e. The van der Waals surface area contributed by atoms with Crippen molar-refractivity contribution in [2.45, 2.75) is 6.42 Å². The van der Waals surface area contributed by atoms with E-state index in [2.05, 4.69) is 26.2 Å². The number of amides is 1. The van der Waals surface area contributed by atoms with Crippen LogP contribution in [0.5, 0.6) is 0 Å². The van der Waals surface area contributed by atoms with Crippen LogP contribution >= 0.6 is 27.3 Å². The SMILES string of the molecule is COC(=O)Cc1sc(NC(=O)c2ccc(Br)cc2)nc1-c1ccccc1. The van der Waals surface area contributed by atoms with Gasteiger partial charge in [-0.1, -0.05) is 46.3 Å². The van der Waals surface area contributed by atoms with Crippen LogP contribution < -0.4 is 5.32 Å². The Morgan fingerprint density at radius 1 is 1.12 bits per heavy atom. The number of hydrogen-bond acceptors (Lipinski definition) is 5. The Hall–Kier alpha value is -2.51. The topological polar surface area (TPSA) is 68.3 Å². The Morgan fingerprint density at radius 2 is 1.81 bits per heavy atom. The molecule has 1 heterocycles. The number of carbonyl (C=O) groups excluding carboxylic acids is 2. The van der Waals surface area contributed by atoms with Crippen LogP contribution in [0.2, 0.25) is 0 Å². The molecule has 1 aromatic heterocycles. The largest absolute Gasteiger partial charge is 0.469 e. The van der Waals surface area contributed by atoms with Gasteiger partial charge in [0.1, 0.15) is 0 Å². The van der Waals surface area contributed by atoms with Crippen molar-refractivity contribution in [2.24, 2.45) is 0 Å². The summed E-state index contributed by atoms with van der Waals surface area (Å²) in [5.41, 5.74) is 2.08. The van der Waals surface area contributed by atoms with Gasteiger partial charge in [-0.2, -0.15) is 0 Å². The van der Waals surface area contributed by atoms with Crippen LogP contribution in [-0.4, -0.2) is 24.0 Å². The van der Waals surface area contributed by atoms with Crippen molar-refractivity contribution >= 4 is 44.3 Å². The molecule has 1 N–H and O–H groups in total. The highest BCUT2D eigenvalue weighted by molar-refractivity contribution is 9.10. The molecular formula is C19H15BrN2O3S. The first-order chi connectivity index (χ1) is 12.6. The van der Waals surface area contributed by atoms with Gasteiger partial charge in [-0.05, 0) is 24.3 Å². The molecule has 3 rings (SSSR count). The fourth-order valence-electron chi connectivity index (χ4n) is 2.32. The summed E-state index contributed by atoms with van der Waals surface area (Å²) in [6.45, 7) is 0. The third-order valence-electron chi connectivity index (χ3n) is 3.60. The van der Waals surface area contributed by atoms with Crippen molar-refractivity contribution in [1.29, 1.82) is 0 Å². The van der Waals surface area contributed by atoms with Crippen LogP contribution in [0.25, 0.3) is 11.3 Å². The van der Waals surface area contributed by atoms with Crippen molar-refractivity contribution < 1.29 is 14.3 Å². The second kappa shape index (κ2) is 8.25. The van der Waals surface area contributed by atoms with Crippen LogP contribution in [0.1, 0.15) is 15.2 Å². The summed E-state index contributed by atoms with van der Waals surface area (Å²) in [5.74, 6) is -0.605. The van der Waals surface area contributed by atoms with Gasteiger partial charge in [-0.3, -0.25) is 14.9 Å². The minimum absolute atomic E-state index is 0.104. The number of methoxy groups -OCH3 is 1. The van der Waals surface area contributed by atoms with Gasteiger partial charge in [-0.15, -0.1) is 11.3 Å². The van der Waals surface area contributed by atoms with Crippen molar-refractivity contribution in [2.75, 3.05) is 12.4 Å². The maximum absolute atomic E-state index is 12.4. The molecule has 0 aliphatic heterocycles. The molecular weight excluding hydrogens is 416 g/mol. The van der Waals surface area contributed by atoms with Gasteiger partial charge in [0.25, 0.3) is 5.91 Å². The number of thiazole rings is 1. The minimum atomic E-state index is -0.350. The number of ether oxygens (including phenoxy) is 1. The fraction of sp³-hybridized carbons (Fsp3) is 0.105. The average molecular weight is 431 g/mol. The molecule has 0 unspecified atom stereocenters. The van der Waals surface area contributed by atoms with E-state index in [1.165, 1.54) is 18.4 Å². The van der Waals surface area contributed by atoms with Crippen LogP contribution in [-0.2, 0) is 16.0 Å². The van der Waals surface area contributed by atoms with Gasteiger partial charge in [0, 0.05) is 20.5 Å². The number of nitrogens with one attached hydrogen (secondary N) is 1. The predicted octanol–water partition coefficient (Wildman–Crippen LogP) is 4.54. The molecule has 26 heavy (non-hydrogen) atoms. The smallest absolute Gasteiger partial charge is 0.310 e. The van der Waals surface area contributed by atoms with Gasteiger partial charge in [0.15, 0.2) is 5.13 Å². The number of hydrogen-bond donors (Lipinski definition) is 1. The zero-order valence-corrected chi connectivity index (χ0v) is 16.3. The molecule has 132 valence electrons. The Labute approximate surface area is 163 Å². The predicted molar refractivity (Wildman–Crippen MR) is 105 cm³/mol.